The first kappa shape index (κ1) is 20.4. The monoisotopic (exact) mass is 420 g/mol. The highest BCUT2D eigenvalue weighted by molar-refractivity contribution is 8.18. The van der Waals surface area contributed by atoms with Crippen molar-refractivity contribution in [2.75, 3.05) is 0 Å². The maximum Gasteiger partial charge on any atom is 0.335 e. The minimum atomic E-state index is -0.963. The van der Waals surface area contributed by atoms with Gasteiger partial charge in [-0.2, -0.15) is 0 Å². The van der Waals surface area contributed by atoms with E-state index in [1.54, 1.807) is 24.3 Å². The van der Waals surface area contributed by atoms with Crippen LogP contribution in [-0.2, 0) is 4.79 Å². The summed E-state index contributed by atoms with van der Waals surface area (Å²) in [4.78, 5) is 31.8. The average Bonchev–Trinajstić information content (AvgIpc) is 3.04. The number of amides is 1. The van der Waals surface area contributed by atoms with Gasteiger partial charge in [0.2, 0.25) is 0 Å². The molecule has 6 heteroatoms. The Morgan fingerprint density at radius 1 is 1.10 bits per heavy atom. The minimum absolute atomic E-state index is 0.0178. The van der Waals surface area contributed by atoms with Crippen LogP contribution in [0.5, 0.6) is 0 Å². The molecule has 0 aromatic heterocycles. The summed E-state index contributed by atoms with van der Waals surface area (Å²) in [6, 6.07) is 16.4. The van der Waals surface area contributed by atoms with E-state index in [4.69, 9.17) is 10.1 Å². The molecule has 1 heterocycles. The van der Waals surface area contributed by atoms with E-state index >= 15 is 0 Å². The van der Waals surface area contributed by atoms with Crippen LogP contribution < -0.4 is 0 Å². The Hall–Kier alpha value is -2.86. The van der Waals surface area contributed by atoms with Crippen LogP contribution in [-0.4, -0.2) is 33.1 Å². The van der Waals surface area contributed by atoms with Crippen LogP contribution in [0.1, 0.15) is 48.5 Å². The number of carbonyl (C=O) groups is 2. The van der Waals surface area contributed by atoms with Crippen LogP contribution in [0.25, 0.3) is 6.08 Å². The van der Waals surface area contributed by atoms with Crippen molar-refractivity contribution >= 4 is 40.6 Å². The molecule has 2 aliphatic rings. The molecule has 154 valence electrons. The zero-order chi connectivity index (χ0) is 21.1. The fourth-order valence-electron chi connectivity index (χ4n) is 4.02. The Labute approximate surface area is 180 Å². The number of para-hydroxylation sites is 1. The Bertz CT molecular complexity index is 999. The molecule has 0 spiro atoms. The standard InChI is InChI=1S/C24H24N2O3S/c1-16-7-5-6-10-20(16)26-22(27)21(15-17-11-13-18(14-12-17)23(28)29)30-24(26)25-19-8-3-2-4-9-19/h2-4,8-9,11-16,20H,5-7,10H2,1H3,(H,28,29)/b21-15-,25-24?/t16-,20-/m1/s1. The van der Waals surface area contributed by atoms with E-state index in [0.29, 0.717) is 10.8 Å². The minimum Gasteiger partial charge on any atom is -0.478 e. The Balaban J connectivity index is 1.69. The second kappa shape index (κ2) is 8.88. The molecule has 2 aromatic carbocycles. The third kappa shape index (κ3) is 4.33. The number of benzene rings is 2. The topological polar surface area (TPSA) is 70.0 Å². The molecule has 5 nitrogen and oxygen atoms in total. The lowest BCUT2D eigenvalue weighted by Gasteiger charge is -2.35. The number of aromatic carboxylic acids is 1. The number of rotatable bonds is 4. The molecule has 2 aromatic rings. The van der Waals surface area contributed by atoms with Crippen molar-refractivity contribution in [3.63, 3.8) is 0 Å². The molecule has 1 saturated heterocycles. The van der Waals surface area contributed by atoms with Crippen LogP contribution in [0.15, 0.2) is 64.5 Å². The van der Waals surface area contributed by atoms with Crippen LogP contribution in [0.2, 0.25) is 0 Å². The Morgan fingerprint density at radius 2 is 1.80 bits per heavy atom. The third-order valence-corrected chi connectivity index (χ3v) is 6.65. The molecule has 1 aliphatic carbocycles. The number of nitrogens with zero attached hydrogens (tertiary/aromatic N) is 2. The van der Waals surface area contributed by atoms with Crippen LogP contribution in [0.3, 0.4) is 0 Å². The highest BCUT2D eigenvalue weighted by Gasteiger charge is 2.41. The molecule has 1 aliphatic heterocycles. The smallest absolute Gasteiger partial charge is 0.335 e. The van der Waals surface area contributed by atoms with Gasteiger partial charge in [-0.3, -0.25) is 9.69 Å². The molecule has 1 amide bonds. The van der Waals surface area contributed by atoms with Gasteiger partial charge in [-0.15, -0.1) is 0 Å². The average molecular weight is 421 g/mol. The number of carboxylic acids is 1. The Morgan fingerprint density at radius 3 is 2.47 bits per heavy atom. The Kier molecular flexibility index (Phi) is 6.04. The van der Waals surface area contributed by atoms with E-state index in [2.05, 4.69) is 6.92 Å². The summed E-state index contributed by atoms with van der Waals surface area (Å²) in [6.45, 7) is 2.22. The van der Waals surface area contributed by atoms with Crippen molar-refractivity contribution in [3.05, 3.63) is 70.6 Å². The van der Waals surface area contributed by atoms with E-state index in [1.165, 1.54) is 18.2 Å². The van der Waals surface area contributed by atoms with E-state index in [9.17, 15) is 9.59 Å². The van der Waals surface area contributed by atoms with E-state index < -0.39 is 5.97 Å². The fraction of sp³-hybridized carbons (Fsp3) is 0.292. The summed E-state index contributed by atoms with van der Waals surface area (Å²) in [7, 11) is 0. The summed E-state index contributed by atoms with van der Waals surface area (Å²) in [6.07, 6.45) is 6.26. The predicted octanol–water partition coefficient (Wildman–Crippen LogP) is 5.57. The lowest BCUT2D eigenvalue weighted by Crippen LogP contribution is -2.44. The highest BCUT2D eigenvalue weighted by atomic mass is 32.2. The lowest BCUT2D eigenvalue weighted by molar-refractivity contribution is -0.124. The van der Waals surface area contributed by atoms with Crippen LogP contribution in [0.4, 0.5) is 5.69 Å². The summed E-state index contributed by atoms with van der Waals surface area (Å²) in [5.74, 6) is -0.551. The van der Waals surface area contributed by atoms with Gasteiger partial charge < -0.3 is 5.11 Å². The van der Waals surface area contributed by atoms with Gasteiger partial charge in [0.05, 0.1) is 16.2 Å². The molecule has 0 bridgehead atoms. The molecular formula is C24H24N2O3S. The van der Waals surface area contributed by atoms with Gasteiger partial charge in [-0.25, -0.2) is 9.79 Å². The van der Waals surface area contributed by atoms with Crippen molar-refractivity contribution < 1.29 is 14.7 Å². The van der Waals surface area contributed by atoms with Gasteiger partial charge in [0, 0.05) is 6.04 Å². The lowest BCUT2D eigenvalue weighted by atomic mass is 9.85. The van der Waals surface area contributed by atoms with Crippen LogP contribution in [0, 0.1) is 5.92 Å². The van der Waals surface area contributed by atoms with Crippen molar-refractivity contribution in [2.24, 2.45) is 10.9 Å². The molecule has 0 radical (unpaired) electrons. The van der Waals surface area contributed by atoms with Gasteiger partial charge in [-0.1, -0.05) is 50.1 Å². The first-order chi connectivity index (χ1) is 14.5. The normalized spacial score (nSPS) is 24.6. The number of thioether (sulfide) groups is 1. The van der Waals surface area contributed by atoms with E-state index in [1.807, 2.05) is 41.3 Å². The first-order valence-electron chi connectivity index (χ1n) is 10.2. The highest BCUT2D eigenvalue weighted by Crippen LogP contribution is 2.40. The van der Waals surface area contributed by atoms with E-state index in [-0.39, 0.29) is 17.5 Å². The summed E-state index contributed by atoms with van der Waals surface area (Å²) < 4.78 is 0. The van der Waals surface area contributed by atoms with Gasteiger partial charge in [0.25, 0.3) is 5.91 Å². The SMILES string of the molecule is C[C@@H]1CCCC[C@H]1N1C(=O)/C(=C/c2ccc(C(=O)O)cc2)SC1=Nc1ccccc1. The quantitative estimate of drug-likeness (QED) is 0.657. The number of amidine groups is 1. The van der Waals surface area contributed by atoms with Gasteiger partial charge in [0.1, 0.15) is 0 Å². The molecule has 1 saturated carbocycles. The molecule has 1 N–H and O–H groups in total. The van der Waals surface area contributed by atoms with E-state index in [0.717, 1.165) is 35.7 Å². The summed E-state index contributed by atoms with van der Waals surface area (Å²) >= 11 is 1.39. The summed E-state index contributed by atoms with van der Waals surface area (Å²) in [5.41, 5.74) is 1.85. The second-order valence-electron chi connectivity index (χ2n) is 7.77. The molecule has 2 atom stereocenters. The number of aliphatic imine (C=N–C) groups is 1. The van der Waals surface area contributed by atoms with Crippen molar-refractivity contribution in [2.45, 2.75) is 38.6 Å². The number of hydrogen-bond acceptors (Lipinski definition) is 4. The van der Waals surface area contributed by atoms with Crippen molar-refractivity contribution in [1.29, 1.82) is 0 Å². The zero-order valence-corrected chi connectivity index (χ0v) is 17.6. The maximum absolute atomic E-state index is 13.4. The van der Waals surface area contributed by atoms with Crippen LogP contribution >= 0.6 is 11.8 Å². The maximum atomic E-state index is 13.4. The van der Waals surface area contributed by atoms with Gasteiger partial charge >= 0.3 is 5.97 Å². The molecular weight excluding hydrogens is 396 g/mol. The molecule has 30 heavy (non-hydrogen) atoms. The molecule has 2 fully saturated rings. The number of hydrogen-bond donors (Lipinski definition) is 1. The number of carbonyl (C=O) groups excluding carboxylic acids is 1. The third-order valence-electron chi connectivity index (χ3n) is 5.67. The first-order valence-corrected chi connectivity index (χ1v) is 11.0. The number of carboxylic acid groups (broad SMARTS) is 1. The predicted molar refractivity (Wildman–Crippen MR) is 121 cm³/mol. The second-order valence-corrected chi connectivity index (χ2v) is 8.78. The van der Waals surface area contributed by atoms with Crippen molar-refractivity contribution in [3.8, 4) is 0 Å². The van der Waals surface area contributed by atoms with Gasteiger partial charge in [0.15, 0.2) is 5.17 Å². The summed E-state index contributed by atoms with van der Waals surface area (Å²) in [5, 5.41) is 9.81. The molecule has 0 unspecified atom stereocenters. The molecule has 4 rings (SSSR count). The fourth-order valence-corrected chi connectivity index (χ4v) is 5.07. The zero-order valence-electron chi connectivity index (χ0n) is 16.8. The largest absolute Gasteiger partial charge is 0.478 e. The van der Waals surface area contributed by atoms with Crippen molar-refractivity contribution in [1.82, 2.24) is 4.90 Å². The van der Waals surface area contributed by atoms with Gasteiger partial charge in [-0.05, 0) is 66.4 Å².